The summed E-state index contributed by atoms with van der Waals surface area (Å²) >= 11 is 0. The number of carbonyl (C=O) groups excluding carboxylic acids is 2. The van der Waals surface area contributed by atoms with Gasteiger partial charge in [0.15, 0.2) is 0 Å². The standard InChI is InChI=1S/C12H22N4O2/c1-10-12(18)14-5-8-16(10)11(17)9-15-6-2-3-13-4-7-15/h10,13H,2-9H2,1H3,(H,14,18). The van der Waals surface area contributed by atoms with E-state index in [-0.39, 0.29) is 17.9 Å². The van der Waals surface area contributed by atoms with Gasteiger partial charge in [-0.15, -0.1) is 0 Å². The molecule has 2 aliphatic heterocycles. The molecule has 6 nitrogen and oxygen atoms in total. The molecule has 2 aliphatic rings. The number of rotatable bonds is 2. The van der Waals surface area contributed by atoms with Crippen LogP contribution in [0.5, 0.6) is 0 Å². The lowest BCUT2D eigenvalue weighted by molar-refractivity contribution is -0.143. The molecule has 2 saturated heterocycles. The molecule has 0 aromatic carbocycles. The summed E-state index contributed by atoms with van der Waals surface area (Å²) in [6, 6.07) is -0.337. The zero-order chi connectivity index (χ0) is 13.0. The molecule has 2 rings (SSSR count). The molecule has 0 aromatic rings. The molecule has 2 heterocycles. The van der Waals surface area contributed by atoms with Crippen molar-refractivity contribution in [2.75, 3.05) is 45.8 Å². The van der Waals surface area contributed by atoms with Crippen molar-refractivity contribution in [1.29, 1.82) is 0 Å². The van der Waals surface area contributed by atoms with Crippen molar-refractivity contribution < 1.29 is 9.59 Å². The topological polar surface area (TPSA) is 64.7 Å². The average Bonchev–Trinajstić information content (AvgIpc) is 2.61. The highest BCUT2D eigenvalue weighted by Crippen LogP contribution is 2.06. The van der Waals surface area contributed by atoms with Gasteiger partial charge in [-0.2, -0.15) is 0 Å². The molecule has 0 aromatic heterocycles. The number of nitrogens with one attached hydrogen (secondary N) is 2. The SMILES string of the molecule is CC1C(=O)NCCN1C(=O)CN1CCCNCC1. The van der Waals surface area contributed by atoms with E-state index in [1.54, 1.807) is 11.8 Å². The quantitative estimate of drug-likeness (QED) is 0.638. The van der Waals surface area contributed by atoms with Crippen LogP contribution >= 0.6 is 0 Å². The van der Waals surface area contributed by atoms with Gasteiger partial charge in [0.1, 0.15) is 6.04 Å². The van der Waals surface area contributed by atoms with E-state index in [1.807, 2.05) is 0 Å². The Morgan fingerprint density at radius 3 is 2.94 bits per heavy atom. The van der Waals surface area contributed by atoms with Crippen LogP contribution in [0, 0.1) is 0 Å². The third-order valence-electron chi connectivity index (χ3n) is 3.61. The molecular weight excluding hydrogens is 232 g/mol. The summed E-state index contributed by atoms with van der Waals surface area (Å²) in [7, 11) is 0. The lowest BCUT2D eigenvalue weighted by Gasteiger charge is -2.34. The third kappa shape index (κ3) is 3.20. The van der Waals surface area contributed by atoms with E-state index in [4.69, 9.17) is 0 Å². The highest BCUT2D eigenvalue weighted by molar-refractivity contribution is 5.89. The van der Waals surface area contributed by atoms with Crippen LogP contribution in [0.4, 0.5) is 0 Å². The van der Waals surface area contributed by atoms with Crippen LogP contribution in [-0.2, 0) is 9.59 Å². The summed E-state index contributed by atoms with van der Waals surface area (Å²) in [5.41, 5.74) is 0. The maximum absolute atomic E-state index is 12.2. The fraction of sp³-hybridized carbons (Fsp3) is 0.833. The first kappa shape index (κ1) is 13.3. The van der Waals surface area contributed by atoms with Gasteiger partial charge in [0, 0.05) is 26.2 Å². The van der Waals surface area contributed by atoms with Crippen molar-refractivity contribution in [3.05, 3.63) is 0 Å². The van der Waals surface area contributed by atoms with E-state index < -0.39 is 0 Å². The first-order valence-electron chi connectivity index (χ1n) is 6.69. The second kappa shape index (κ2) is 6.15. The molecule has 2 amide bonds. The summed E-state index contributed by atoms with van der Waals surface area (Å²) in [6.45, 7) is 7.22. The molecule has 102 valence electrons. The fourth-order valence-corrected chi connectivity index (χ4v) is 2.46. The monoisotopic (exact) mass is 254 g/mol. The molecule has 2 fully saturated rings. The Morgan fingerprint density at radius 1 is 1.28 bits per heavy atom. The minimum absolute atomic E-state index is 0.0490. The molecule has 0 spiro atoms. The Kier molecular flexibility index (Phi) is 4.54. The van der Waals surface area contributed by atoms with Gasteiger partial charge in [-0.05, 0) is 26.4 Å². The first-order valence-corrected chi connectivity index (χ1v) is 6.69. The lowest BCUT2D eigenvalue weighted by Crippen LogP contribution is -2.57. The minimum Gasteiger partial charge on any atom is -0.353 e. The Hall–Kier alpha value is -1.14. The Bertz CT molecular complexity index is 313. The molecule has 18 heavy (non-hydrogen) atoms. The second-order valence-electron chi connectivity index (χ2n) is 4.93. The molecule has 1 atom stereocenters. The number of hydrogen-bond acceptors (Lipinski definition) is 4. The van der Waals surface area contributed by atoms with Crippen LogP contribution in [-0.4, -0.2) is 73.5 Å². The van der Waals surface area contributed by atoms with Crippen LogP contribution in [0.3, 0.4) is 0 Å². The third-order valence-corrected chi connectivity index (χ3v) is 3.61. The predicted molar refractivity (Wildman–Crippen MR) is 68.1 cm³/mol. The Balaban J connectivity index is 1.88. The summed E-state index contributed by atoms with van der Waals surface area (Å²) in [4.78, 5) is 27.6. The number of hydrogen-bond donors (Lipinski definition) is 2. The zero-order valence-corrected chi connectivity index (χ0v) is 10.9. The van der Waals surface area contributed by atoms with Crippen LogP contribution in [0.15, 0.2) is 0 Å². The molecule has 0 radical (unpaired) electrons. The highest BCUT2D eigenvalue weighted by atomic mass is 16.2. The van der Waals surface area contributed by atoms with Gasteiger partial charge in [0.25, 0.3) is 0 Å². The van der Waals surface area contributed by atoms with Crippen LogP contribution < -0.4 is 10.6 Å². The first-order chi connectivity index (χ1) is 8.68. The smallest absolute Gasteiger partial charge is 0.242 e. The number of amides is 2. The molecule has 2 N–H and O–H groups in total. The van der Waals surface area contributed by atoms with E-state index in [0.29, 0.717) is 19.6 Å². The van der Waals surface area contributed by atoms with Gasteiger partial charge >= 0.3 is 0 Å². The fourth-order valence-electron chi connectivity index (χ4n) is 2.46. The van der Waals surface area contributed by atoms with Crippen molar-refractivity contribution in [1.82, 2.24) is 20.4 Å². The molecule has 0 saturated carbocycles. The maximum atomic E-state index is 12.2. The second-order valence-corrected chi connectivity index (χ2v) is 4.93. The number of piperazine rings is 1. The van der Waals surface area contributed by atoms with Gasteiger partial charge in [-0.3, -0.25) is 14.5 Å². The van der Waals surface area contributed by atoms with E-state index in [9.17, 15) is 9.59 Å². The van der Waals surface area contributed by atoms with Gasteiger partial charge in [-0.1, -0.05) is 0 Å². The molecule has 0 aliphatic carbocycles. The highest BCUT2D eigenvalue weighted by Gasteiger charge is 2.29. The molecule has 6 heteroatoms. The molecular formula is C12H22N4O2. The number of nitrogens with zero attached hydrogens (tertiary/aromatic N) is 2. The largest absolute Gasteiger partial charge is 0.353 e. The summed E-state index contributed by atoms with van der Waals surface area (Å²) < 4.78 is 0. The van der Waals surface area contributed by atoms with Gasteiger partial charge in [-0.25, -0.2) is 0 Å². The average molecular weight is 254 g/mol. The van der Waals surface area contributed by atoms with Crippen molar-refractivity contribution >= 4 is 11.8 Å². The van der Waals surface area contributed by atoms with Gasteiger partial charge in [0.05, 0.1) is 6.54 Å². The predicted octanol–water partition coefficient (Wildman–Crippen LogP) is -1.37. The van der Waals surface area contributed by atoms with E-state index in [1.165, 1.54) is 0 Å². The lowest BCUT2D eigenvalue weighted by atomic mass is 10.2. The normalized spacial score (nSPS) is 26.6. The van der Waals surface area contributed by atoms with Crippen molar-refractivity contribution in [2.24, 2.45) is 0 Å². The Morgan fingerprint density at radius 2 is 2.11 bits per heavy atom. The molecule has 0 bridgehead atoms. The van der Waals surface area contributed by atoms with Gasteiger partial charge < -0.3 is 15.5 Å². The summed E-state index contributed by atoms with van der Waals surface area (Å²) in [6.07, 6.45) is 1.07. The minimum atomic E-state index is -0.337. The van der Waals surface area contributed by atoms with Crippen molar-refractivity contribution in [3.8, 4) is 0 Å². The van der Waals surface area contributed by atoms with Crippen LogP contribution in [0.25, 0.3) is 0 Å². The summed E-state index contributed by atoms with van der Waals surface area (Å²) in [5, 5.41) is 6.09. The van der Waals surface area contributed by atoms with E-state index in [2.05, 4.69) is 15.5 Å². The zero-order valence-electron chi connectivity index (χ0n) is 10.9. The maximum Gasteiger partial charge on any atom is 0.242 e. The van der Waals surface area contributed by atoms with E-state index >= 15 is 0 Å². The van der Waals surface area contributed by atoms with Crippen molar-refractivity contribution in [3.63, 3.8) is 0 Å². The molecule has 1 unspecified atom stereocenters. The van der Waals surface area contributed by atoms with Crippen LogP contribution in [0.1, 0.15) is 13.3 Å². The van der Waals surface area contributed by atoms with Gasteiger partial charge in [0.2, 0.25) is 11.8 Å². The van der Waals surface area contributed by atoms with E-state index in [0.717, 1.165) is 32.6 Å². The van der Waals surface area contributed by atoms with Crippen molar-refractivity contribution in [2.45, 2.75) is 19.4 Å². The number of carbonyl (C=O) groups is 2. The Labute approximate surface area is 108 Å². The summed E-state index contributed by atoms with van der Waals surface area (Å²) in [5.74, 6) is 0.0198. The van der Waals surface area contributed by atoms with Crippen LogP contribution in [0.2, 0.25) is 0 Å².